The van der Waals surface area contributed by atoms with E-state index in [1.807, 2.05) is 25.7 Å². The minimum atomic E-state index is -0.563. The van der Waals surface area contributed by atoms with Gasteiger partial charge in [-0.2, -0.15) is 0 Å². The normalized spacial score (nSPS) is 26.2. The number of carbonyl (C=O) groups excluding carboxylic acids is 1. The van der Waals surface area contributed by atoms with Crippen LogP contribution in [0.5, 0.6) is 0 Å². The minimum absolute atomic E-state index is 0.0319. The van der Waals surface area contributed by atoms with Crippen LogP contribution in [0, 0.1) is 5.92 Å². The zero-order valence-electron chi connectivity index (χ0n) is 22.7. The van der Waals surface area contributed by atoms with Crippen LogP contribution in [-0.4, -0.2) is 77.6 Å². The van der Waals surface area contributed by atoms with Gasteiger partial charge in [-0.25, -0.2) is 19.4 Å². The molecule has 3 N–H and O–H groups in total. The summed E-state index contributed by atoms with van der Waals surface area (Å²) in [7, 11) is 0. The molecule has 1 spiro atoms. The second-order valence-corrected chi connectivity index (χ2v) is 12.3. The second kappa shape index (κ2) is 9.71. The SMILES string of the molecule is CC(C)(C)OC(=O)N1CCC2(CC1)CC(Nc1ncnc3c1nnn3C1CC(O)C(CO)C1)c1ccccc12. The first-order chi connectivity index (χ1) is 18.7. The predicted molar refractivity (Wildman–Crippen MR) is 144 cm³/mol. The van der Waals surface area contributed by atoms with E-state index < -0.39 is 11.7 Å². The molecule has 4 atom stereocenters. The molecule has 1 aliphatic heterocycles. The molecule has 3 aromatic rings. The fraction of sp³-hybridized carbons (Fsp3) is 0.607. The van der Waals surface area contributed by atoms with E-state index in [1.54, 1.807) is 4.68 Å². The summed E-state index contributed by atoms with van der Waals surface area (Å²) in [5.41, 5.74) is 3.25. The Bertz CT molecular complexity index is 1360. The van der Waals surface area contributed by atoms with Crippen LogP contribution in [0.3, 0.4) is 0 Å². The number of aliphatic hydroxyl groups excluding tert-OH is 2. The van der Waals surface area contributed by atoms with Crippen molar-refractivity contribution in [2.24, 2.45) is 5.92 Å². The van der Waals surface area contributed by atoms with Gasteiger partial charge < -0.3 is 25.2 Å². The van der Waals surface area contributed by atoms with Crippen LogP contribution in [0.2, 0.25) is 0 Å². The first-order valence-corrected chi connectivity index (χ1v) is 13.9. The molecule has 11 heteroatoms. The van der Waals surface area contributed by atoms with Crippen LogP contribution < -0.4 is 5.32 Å². The van der Waals surface area contributed by atoms with Gasteiger partial charge in [-0.15, -0.1) is 5.10 Å². The van der Waals surface area contributed by atoms with Crippen LogP contribution in [0.15, 0.2) is 30.6 Å². The highest BCUT2D eigenvalue weighted by molar-refractivity contribution is 5.82. The van der Waals surface area contributed by atoms with Gasteiger partial charge in [0.2, 0.25) is 0 Å². The molecule has 3 aliphatic rings. The molecule has 1 aromatic carbocycles. The summed E-state index contributed by atoms with van der Waals surface area (Å²) in [5.74, 6) is 0.466. The van der Waals surface area contributed by atoms with Gasteiger partial charge in [0.05, 0.1) is 18.2 Å². The van der Waals surface area contributed by atoms with Crippen LogP contribution in [0.25, 0.3) is 11.2 Å². The lowest BCUT2D eigenvalue weighted by Gasteiger charge is -2.40. The highest BCUT2D eigenvalue weighted by atomic mass is 16.6. The maximum Gasteiger partial charge on any atom is 0.410 e. The number of benzene rings is 1. The van der Waals surface area contributed by atoms with Crippen molar-refractivity contribution in [2.45, 2.75) is 82.1 Å². The molecule has 2 aromatic heterocycles. The number of ether oxygens (including phenoxy) is 1. The van der Waals surface area contributed by atoms with Gasteiger partial charge in [0.1, 0.15) is 11.9 Å². The molecule has 39 heavy (non-hydrogen) atoms. The Morgan fingerprint density at radius 3 is 2.67 bits per heavy atom. The van der Waals surface area contributed by atoms with Crippen molar-refractivity contribution in [3.8, 4) is 0 Å². The molecule has 0 bridgehead atoms. The summed E-state index contributed by atoms with van der Waals surface area (Å²) in [5, 5.41) is 32.3. The topological polar surface area (TPSA) is 139 Å². The third-order valence-electron chi connectivity index (χ3n) is 8.66. The van der Waals surface area contributed by atoms with E-state index in [9.17, 15) is 15.0 Å². The van der Waals surface area contributed by atoms with Crippen molar-refractivity contribution in [3.63, 3.8) is 0 Å². The molecule has 1 saturated heterocycles. The van der Waals surface area contributed by atoms with Crippen molar-refractivity contribution in [2.75, 3.05) is 25.0 Å². The van der Waals surface area contributed by atoms with Gasteiger partial charge in [0, 0.05) is 31.0 Å². The minimum Gasteiger partial charge on any atom is -0.444 e. The van der Waals surface area contributed by atoms with E-state index in [4.69, 9.17) is 4.74 Å². The first-order valence-electron chi connectivity index (χ1n) is 13.9. The average Bonchev–Trinajstić information content (AvgIpc) is 3.58. The zero-order chi connectivity index (χ0) is 27.4. The summed E-state index contributed by atoms with van der Waals surface area (Å²) in [6, 6.07) is 8.51. The van der Waals surface area contributed by atoms with E-state index in [0.717, 1.165) is 19.3 Å². The predicted octanol–water partition coefficient (Wildman–Crippen LogP) is 3.35. The number of aromatic nitrogens is 5. The van der Waals surface area contributed by atoms with Gasteiger partial charge >= 0.3 is 6.09 Å². The summed E-state index contributed by atoms with van der Waals surface area (Å²) >= 11 is 0. The Kier molecular flexibility index (Phi) is 6.46. The van der Waals surface area contributed by atoms with Crippen molar-refractivity contribution in [1.29, 1.82) is 0 Å². The van der Waals surface area contributed by atoms with Crippen molar-refractivity contribution in [3.05, 3.63) is 41.7 Å². The molecular formula is C28H37N7O4. The van der Waals surface area contributed by atoms with Gasteiger partial charge in [-0.05, 0) is 64.0 Å². The number of likely N-dealkylation sites (tertiary alicyclic amines) is 1. The molecule has 11 nitrogen and oxygen atoms in total. The molecule has 4 unspecified atom stereocenters. The summed E-state index contributed by atoms with van der Waals surface area (Å²) in [6.45, 7) is 6.95. The highest BCUT2D eigenvalue weighted by Gasteiger charge is 2.46. The number of aliphatic hydroxyl groups is 2. The number of amides is 1. The molecule has 2 aliphatic carbocycles. The Balaban J connectivity index is 1.22. The van der Waals surface area contributed by atoms with E-state index >= 15 is 0 Å². The number of hydrogen-bond donors (Lipinski definition) is 3. The molecular weight excluding hydrogens is 498 g/mol. The first kappa shape index (κ1) is 25.9. The number of nitrogens with one attached hydrogen (secondary N) is 1. The lowest BCUT2D eigenvalue weighted by Crippen LogP contribution is -2.46. The fourth-order valence-electron chi connectivity index (χ4n) is 6.69. The summed E-state index contributed by atoms with van der Waals surface area (Å²) < 4.78 is 7.38. The Morgan fingerprint density at radius 1 is 1.18 bits per heavy atom. The monoisotopic (exact) mass is 535 g/mol. The van der Waals surface area contributed by atoms with Gasteiger partial charge in [0.15, 0.2) is 17.0 Å². The number of nitrogens with zero attached hydrogens (tertiary/aromatic N) is 6. The van der Waals surface area contributed by atoms with Crippen LogP contribution >= 0.6 is 0 Å². The third kappa shape index (κ3) is 4.71. The van der Waals surface area contributed by atoms with E-state index in [2.05, 4.69) is 49.9 Å². The van der Waals surface area contributed by atoms with Crippen molar-refractivity contribution < 1.29 is 19.7 Å². The van der Waals surface area contributed by atoms with Gasteiger partial charge in [-0.3, -0.25) is 0 Å². The number of piperidine rings is 1. The number of fused-ring (bicyclic) bond motifs is 3. The quantitative estimate of drug-likeness (QED) is 0.459. The van der Waals surface area contributed by atoms with Crippen molar-refractivity contribution >= 4 is 23.1 Å². The molecule has 3 heterocycles. The second-order valence-electron chi connectivity index (χ2n) is 12.3. The van der Waals surface area contributed by atoms with Crippen molar-refractivity contribution in [1.82, 2.24) is 29.9 Å². The standard InChI is InChI=1S/C28H37N7O4/c1-27(2,3)39-26(38)34-10-8-28(9-11-34)14-21(19-6-4-5-7-20(19)28)31-24-23-25(30-16-29-24)35(33-32-23)18-12-17(15-36)22(37)13-18/h4-7,16-18,21-22,36-37H,8-15H2,1-3H3,(H,29,30,31). The lowest BCUT2D eigenvalue weighted by molar-refractivity contribution is 0.0162. The van der Waals surface area contributed by atoms with Gasteiger partial charge in [-0.1, -0.05) is 29.5 Å². The van der Waals surface area contributed by atoms with E-state index in [1.165, 1.54) is 17.5 Å². The fourth-order valence-corrected chi connectivity index (χ4v) is 6.69. The van der Waals surface area contributed by atoms with Crippen LogP contribution in [-0.2, 0) is 10.2 Å². The number of hydrogen-bond acceptors (Lipinski definition) is 9. The molecule has 1 saturated carbocycles. The number of rotatable bonds is 4. The maximum atomic E-state index is 12.7. The van der Waals surface area contributed by atoms with Crippen LogP contribution in [0.1, 0.15) is 76.1 Å². The number of anilines is 1. The zero-order valence-corrected chi connectivity index (χ0v) is 22.7. The van der Waals surface area contributed by atoms with E-state index in [0.29, 0.717) is 42.9 Å². The van der Waals surface area contributed by atoms with Gasteiger partial charge in [0.25, 0.3) is 0 Å². The lowest BCUT2D eigenvalue weighted by atomic mass is 9.73. The number of carbonyl (C=O) groups is 1. The molecule has 6 rings (SSSR count). The molecule has 208 valence electrons. The molecule has 1 amide bonds. The maximum absolute atomic E-state index is 12.7. The smallest absolute Gasteiger partial charge is 0.410 e. The largest absolute Gasteiger partial charge is 0.444 e. The molecule has 2 fully saturated rings. The van der Waals surface area contributed by atoms with E-state index in [-0.39, 0.29) is 36.1 Å². The Morgan fingerprint density at radius 2 is 1.95 bits per heavy atom. The Labute approximate surface area is 227 Å². The average molecular weight is 536 g/mol. The molecule has 0 radical (unpaired) electrons. The highest BCUT2D eigenvalue weighted by Crippen LogP contribution is 2.52. The third-order valence-corrected chi connectivity index (χ3v) is 8.66. The summed E-state index contributed by atoms with van der Waals surface area (Å²) in [6.07, 6.45) is 4.48. The summed E-state index contributed by atoms with van der Waals surface area (Å²) in [4.78, 5) is 23.5. The van der Waals surface area contributed by atoms with Crippen LogP contribution in [0.4, 0.5) is 10.6 Å². The Hall–Kier alpha value is -3.31.